The number of Topliss-reactive ketones (excluding diaryl/α,β-unsaturated/α-hetero) is 1. The van der Waals surface area contributed by atoms with Gasteiger partial charge in [-0.3, -0.25) is 19.4 Å². The van der Waals surface area contributed by atoms with Crippen LogP contribution in [0.3, 0.4) is 0 Å². The van der Waals surface area contributed by atoms with Crippen LogP contribution < -0.4 is 4.90 Å². The standard InChI is InChI=1S/C23H26N2O4/c1-16-7-8-17(2)18(13-16)21(26)14-23(28)19-5-3-4-6-20(19)25(22(23)27)15-24-9-11-29-12-10-24/h3-8,13,28H,9-12,14-15H2,1-2H3/t23-/m1/s1. The molecule has 2 heterocycles. The molecule has 0 aliphatic carbocycles. The van der Waals surface area contributed by atoms with Gasteiger partial charge in [0.25, 0.3) is 5.91 Å². The van der Waals surface area contributed by atoms with E-state index in [1.165, 1.54) is 0 Å². The van der Waals surface area contributed by atoms with Crippen LogP contribution in [-0.2, 0) is 15.1 Å². The van der Waals surface area contributed by atoms with Crippen LogP contribution >= 0.6 is 0 Å². The Balaban J connectivity index is 1.64. The van der Waals surface area contributed by atoms with Crippen LogP contribution in [0.5, 0.6) is 0 Å². The topological polar surface area (TPSA) is 70.1 Å². The van der Waals surface area contributed by atoms with Gasteiger partial charge in [0.1, 0.15) is 0 Å². The average Bonchev–Trinajstić information content (AvgIpc) is 2.92. The third-order valence-corrected chi connectivity index (χ3v) is 5.79. The summed E-state index contributed by atoms with van der Waals surface area (Å²) in [4.78, 5) is 30.1. The Hall–Kier alpha value is -2.54. The Bertz CT molecular complexity index is 952. The summed E-state index contributed by atoms with van der Waals surface area (Å²) in [7, 11) is 0. The molecule has 2 aromatic carbocycles. The van der Waals surface area contributed by atoms with Gasteiger partial charge in [0.15, 0.2) is 11.4 Å². The number of carbonyl (C=O) groups is 2. The van der Waals surface area contributed by atoms with Crippen molar-refractivity contribution in [1.82, 2.24) is 4.90 Å². The number of fused-ring (bicyclic) bond motifs is 1. The van der Waals surface area contributed by atoms with Gasteiger partial charge in [0.2, 0.25) is 0 Å². The molecule has 0 spiro atoms. The monoisotopic (exact) mass is 394 g/mol. The van der Waals surface area contributed by atoms with Gasteiger partial charge in [0, 0.05) is 24.2 Å². The van der Waals surface area contributed by atoms with Gasteiger partial charge in [0.05, 0.1) is 32.0 Å². The summed E-state index contributed by atoms with van der Waals surface area (Å²) in [6, 6.07) is 12.9. The first kappa shape index (κ1) is 19.8. The van der Waals surface area contributed by atoms with Crippen molar-refractivity contribution in [1.29, 1.82) is 0 Å². The van der Waals surface area contributed by atoms with Crippen molar-refractivity contribution in [2.75, 3.05) is 37.9 Å². The van der Waals surface area contributed by atoms with Crippen molar-refractivity contribution in [2.24, 2.45) is 0 Å². The van der Waals surface area contributed by atoms with Gasteiger partial charge in [-0.15, -0.1) is 0 Å². The third kappa shape index (κ3) is 3.59. The summed E-state index contributed by atoms with van der Waals surface area (Å²) >= 11 is 0. The summed E-state index contributed by atoms with van der Waals surface area (Å²) in [5.41, 5.74) is 1.68. The fraction of sp³-hybridized carbons (Fsp3) is 0.391. The number of rotatable bonds is 5. The highest BCUT2D eigenvalue weighted by Gasteiger charge is 2.51. The van der Waals surface area contributed by atoms with Crippen molar-refractivity contribution < 1.29 is 19.4 Å². The summed E-state index contributed by atoms with van der Waals surface area (Å²) in [6.45, 7) is 6.87. The molecule has 2 aromatic rings. The van der Waals surface area contributed by atoms with Gasteiger partial charge < -0.3 is 9.84 Å². The molecule has 1 N–H and O–H groups in total. The second-order valence-electron chi connectivity index (χ2n) is 7.90. The van der Waals surface area contributed by atoms with Gasteiger partial charge >= 0.3 is 0 Å². The van der Waals surface area contributed by atoms with E-state index in [2.05, 4.69) is 4.90 Å². The molecule has 0 radical (unpaired) electrons. The van der Waals surface area contributed by atoms with Gasteiger partial charge in [-0.1, -0.05) is 35.9 Å². The number of anilines is 1. The lowest BCUT2D eigenvalue weighted by molar-refractivity contribution is -0.136. The maximum absolute atomic E-state index is 13.3. The minimum Gasteiger partial charge on any atom is -0.379 e. The molecule has 152 valence electrons. The summed E-state index contributed by atoms with van der Waals surface area (Å²) in [5.74, 6) is -0.672. The van der Waals surface area contributed by atoms with E-state index >= 15 is 0 Å². The molecule has 1 atom stereocenters. The van der Waals surface area contributed by atoms with Crippen molar-refractivity contribution in [2.45, 2.75) is 25.9 Å². The van der Waals surface area contributed by atoms with E-state index in [9.17, 15) is 14.7 Å². The predicted octanol–water partition coefficient (Wildman–Crippen LogP) is 2.40. The normalized spacial score (nSPS) is 22.0. The molecule has 6 nitrogen and oxygen atoms in total. The molecular weight excluding hydrogens is 368 g/mol. The number of ether oxygens (including phenoxy) is 1. The molecule has 0 unspecified atom stereocenters. The second-order valence-corrected chi connectivity index (χ2v) is 7.90. The zero-order chi connectivity index (χ0) is 20.6. The summed E-state index contributed by atoms with van der Waals surface area (Å²) < 4.78 is 5.38. The van der Waals surface area contributed by atoms with Crippen LogP contribution in [0.15, 0.2) is 42.5 Å². The first-order valence-electron chi connectivity index (χ1n) is 9.94. The SMILES string of the molecule is Cc1ccc(C)c(C(=O)C[C@]2(O)C(=O)N(CN3CCOCC3)c3ccccc32)c1. The number of aliphatic hydroxyl groups is 1. The highest BCUT2D eigenvalue weighted by Crippen LogP contribution is 2.43. The van der Waals surface area contributed by atoms with E-state index in [-0.39, 0.29) is 12.2 Å². The van der Waals surface area contributed by atoms with Crippen molar-refractivity contribution >= 4 is 17.4 Å². The third-order valence-electron chi connectivity index (χ3n) is 5.79. The molecular formula is C23H26N2O4. The molecule has 2 aliphatic heterocycles. The number of para-hydroxylation sites is 1. The van der Waals surface area contributed by atoms with E-state index in [0.29, 0.717) is 36.7 Å². The Labute approximate surface area is 170 Å². The minimum atomic E-state index is -1.85. The van der Waals surface area contributed by atoms with Crippen LogP contribution in [0.25, 0.3) is 0 Å². The van der Waals surface area contributed by atoms with Crippen LogP contribution in [0.1, 0.15) is 33.5 Å². The molecule has 1 fully saturated rings. The molecule has 2 aliphatic rings. The fourth-order valence-electron chi connectivity index (χ4n) is 4.12. The average molecular weight is 394 g/mol. The van der Waals surface area contributed by atoms with Gasteiger partial charge in [-0.2, -0.15) is 0 Å². The van der Waals surface area contributed by atoms with Crippen molar-refractivity contribution in [3.05, 3.63) is 64.7 Å². The van der Waals surface area contributed by atoms with Gasteiger partial charge in [-0.25, -0.2) is 0 Å². The quantitative estimate of drug-likeness (QED) is 0.789. The number of amides is 1. The molecule has 0 saturated carbocycles. The molecule has 29 heavy (non-hydrogen) atoms. The fourth-order valence-corrected chi connectivity index (χ4v) is 4.12. The lowest BCUT2D eigenvalue weighted by atomic mass is 9.87. The van der Waals surface area contributed by atoms with Gasteiger partial charge in [-0.05, 0) is 31.5 Å². The number of nitrogens with zero attached hydrogens (tertiary/aromatic N) is 2. The zero-order valence-corrected chi connectivity index (χ0v) is 16.9. The smallest absolute Gasteiger partial charge is 0.265 e. The highest BCUT2D eigenvalue weighted by molar-refractivity contribution is 6.11. The zero-order valence-electron chi connectivity index (χ0n) is 16.9. The van der Waals surface area contributed by atoms with E-state index in [1.807, 2.05) is 44.2 Å². The Morgan fingerprint density at radius 2 is 1.86 bits per heavy atom. The highest BCUT2D eigenvalue weighted by atomic mass is 16.5. The lowest BCUT2D eigenvalue weighted by Crippen LogP contribution is -2.49. The van der Waals surface area contributed by atoms with Crippen LogP contribution in [0.2, 0.25) is 0 Å². The number of hydrogen-bond acceptors (Lipinski definition) is 5. The van der Waals surface area contributed by atoms with Crippen LogP contribution in [0, 0.1) is 13.8 Å². The first-order valence-corrected chi connectivity index (χ1v) is 9.94. The number of morpholine rings is 1. The van der Waals surface area contributed by atoms with E-state index in [4.69, 9.17) is 4.74 Å². The maximum atomic E-state index is 13.3. The molecule has 1 amide bonds. The van der Waals surface area contributed by atoms with Crippen LogP contribution in [0.4, 0.5) is 5.69 Å². The maximum Gasteiger partial charge on any atom is 0.265 e. The number of ketones is 1. The number of benzene rings is 2. The molecule has 1 saturated heterocycles. The molecule has 0 aromatic heterocycles. The summed E-state index contributed by atoms with van der Waals surface area (Å²) in [6.07, 6.45) is -0.271. The molecule has 0 bridgehead atoms. The minimum absolute atomic E-state index is 0.231. The first-order chi connectivity index (χ1) is 13.9. The van der Waals surface area contributed by atoms with E-state index in [0.717, 1.165) is 24.2 Å². The van der Waals surface area contributed by atoms with E-state index < -0.39 is 11.5 Å². The van der Waals surface area contributed by atoms with Crippen LogP contribution in [-0.4, -0.2) is 54.7 Å². The van der Waals surface area contributed by atoms with Crippen molar-refractivity contribution in [3.63, 3.8) is 0 Å². The number of carbonyl (C=O) groups excluding carboxylic acids is 2. The largest absolute Gasteiger partial charge is 0.379 e. The molecule has 6 heteroatoms. The summed E-state index contributed by atoms with van der Waals surface area (Å²) in [5, 5.41) is 11.4. The predicted molar refractivity (Wildman–Crippen MR) is 110 cm³/mol. The second kappa shape index (κ2) is 7.71. The van der Waals surface area contributed by atoms with E-state index in [1.54, 1.807) is 17.0 Å². The number of aryl methyl sites for hydroxylation is 2. The Kier molecular flexibility index (Phi) is 5.25. The Morgan fingerprint density at radius 3 is 2.62 bits per heavy atom. The lowest BCUT2D eigenvalue weighted by Gasteiger charge is -2.31. The van der Waals surface area contributed by atoms with Crippen molar-refractivity contribution in [3.8, 4) is 0 Å². The number of hydrogen-bond donors (Lipinski definition) is 1. The molecule has 4 rings (SSSR count). The Morgan fingerprint density at radius 1 is 1.14 bits per heavy atom.